The van der Waals surface area contributed by atoms with Gasteiger partial charge in [0, 0.05) is 13.0 Å². The van der Waals surface area contributed by atoms with Gasteiger partial charge in [0.1, 0.15) is 0 Å². The smallest absolute Gasteiger partial charge is 0.450 e. The van der Waals surface area contributed by atoms with Crippen molar-refractivity contribution in [2.24, 2.45) is 5.92 Å². The summed E-state index contributed by atoms with van der Waals surface area (Å²) >= 11 is 0. The number of ether oxygens (including phenoxy) is 2. The van der Waals surface area contributed by atoms with Crippen LogP contribution in [0.4, 0.5) is 4.79 Å². The van der Waals surface area contributed by atoms with Crippen molar-refractivity contribution in [3.8, 4) is 0 Å². The second-order valence-electron chi connectivity index (χ2n) is 3.49. The number of methoxy groups -OCH3 is 1. The fourth-order valence-electron chi connectivity index (χ4n) is 1.08. The molecule has 0 aliphatic carbocycles. The van der Waals surface area contributed by atoms with Crippen molar-refractivity contribution in [2.75, 3.05) is 41.0 Å². The van der Waals surface area contributed by atoms with Gasteiger partial charge in [-0.3, -0.25) is 0 Å². The van der Waals surface area contributed by atoms with E-state index in [2.05, 4.69) is 4.74 Å². The largest absolute Gasteiger partial charge is 0.505 e. The third-order valence-electron chi connectivity index (χ3n) is 1.83. The summed E-state index contributed by atoms with van der Waals surface area (Å²) < 4.78 is 9.48. The van der Waals surface area contributed by atoms with E-state index >= 15 is 0 Å². The summed E-state index contributed by atoms with van der Waals surface area (Å²) in [4.78, 5) is 12.2. The van der Waals surface area contributed by atoms with Gasteiger partial charge in [-0.15, -0.1) is 0 Å². The predicted octanol–water partition coefficient (Wildman–Crippen LogP) is 0.895. The Bertz CT molecular complexity index is 161. The highest BCUT2D eigenvalue weighted by Gasteiger charge is 2.11. The maximum absolute atomic E-state index is 10.2. The highest BCUT2D eigenvalue weighted by molar-refractivity contribution is 5.56. The molecule has 1 atom stereocenters. The third kappa shape index (κ3) is 7.82. The van der Waals surface area contributed by atoms with E-state index in [0.717, 1.165) is 13.0 Å². The number of hydrogen-bond donors (Lipinski definition) is 1. The first-order valence-corrected chi connectivity index (χ1v) is 4.55. The molecular formula is C9H19NO4. The summed E-state index contributed by atoms with van der Waals surface area (Å²) in [6, 6.07) is 0. The van der Waals surface area contributed by atoms with Gasteiger partial charge in [-0.25, -0.2) is 4.79 Å². The molecule has 0 saturated carbocycles. The van der Waals surface area contributed by atoms with Gasteiger partial charge in [-0.1, -0.05) is 0 Å². The van der Waals surface area contributed by atoms with Crippen LogP contribution in [0.2, 0.25) is 0 Å². The minimum absolute atomic E-state index is 0.137. The van der Waals surface area contributed by atoms with Gasteiger partial charge in [0.15, 0.2) is 0 Å². The standard InChI is InChI=1S/C9H19NO4/c1-10(2)5-4-8(6-13-3)7-14-9(11)12/h8H,4-7H2,1-3H3,(H,11,12). The molecule has 5 heteroatoms. The zero-order valence-corrected chi connectivity index (χ0v) is 9.02. The summed E-state index contributed by atoms with van der Waals surface area (Å²) in [5, 5.41) is 8.33. The van der Waals surface area contributed by atoms with Gasteiger partial charge in [0.2, 0.25) is 0 Å². The predicted molar refractivity (Wildman–Crippen MR) is 52.5 cm³/mol. The first-order chi connectivity index (χ1) is 6.56. The third-order valence-corrected chi connectivity index (χ3v) is 1.83. The molecular weight excluding hydrogens is 186 g/mol. The van der Waals surface area contributed by atoms with E-state index in [4.69, 9.17) is 9.84 Å². The Hall–Kier alpha value is -0.810. The number of rotatable bonds is 7. The molecule has 0 saturated heterocycles. The quantitative estimate of drug-likeness (QED) is 0.626. The summed E-state index contributed by atoms with van der Waals surface area (Å²) in [7, 11) is 5.55. The SMILES string of the molecule is COCC(CCN(C)C)COC(=O)O. The zero-order chi connectivity index (χ0) is 11.0. The molecule has 0 spiro atoms. The van der Waals surface area contributed by atoms with E-state index in [1.165, 1.54) is 0 Å². The van der Waals surface area contributed by atoms with Crippen molar-refractivity contribution in [2.45, 2.75) is 6.42 Å². The van der Waals surface area contributed by atoms with Crippen molar-refractivity contribution in [3.05, 3.63) is 0 Å². The molecule has 0 amide bonds. The minimum Gasteiger partial charge on any atom is -0.450 e. The second-order valence-corrected chi connectivity index (χ2v) is 3.49. The van der Waals surface area contributed by atoms with Crippen molar-refractivity contribution in [1.29, 1.82) is 0 Å². The number of hydrogen-bond acceptors (Lipinski definition) is 4. The van der Waals surface area contributed by atoms with Gasteiger partial charge < -0.3 is 19.5 Å². The fraction of sp³-hybridized carbons (Fsp3) is 0.889. The van der Waals surface area contributed by atoms with Crippen LogP contribution in [-0.4, -0.2) is 57.1 Å². The van der Waals surface area contributed by atoms with Crippen LogP contribution in [-0.2, 0) is 9.47 Å². The average molecular weight is 205 g/mol. The molecule has 0 aromatic heterocycles. The lowest BCUT2D eigenvalue weighted by Gasteiger charge is -2.17. The van der Waals surface area contributed by atoms with Crippen LogP contribution >= 0.6 is 0 Å². The lowest BCUT2D eigenvalue weighted by molar-refractivity contribution is 0.0507. The Morgan fingerprint density at radius 3 is 2.50 bits per heavy atom. The zero-order valence-electron chi connectivity index (χ0n) is 9.02. The Morgan fingerprint density at radius 1 is 1.43 bits per heavy atom. The monoisotopic (exact) mass is 205 g/mol. The van der Waals surface area contributed by atoms with Crippen molar-refractivity contribution >= 4 is 6.16 Å². The van der Waals surface area contributed by atoms with Crippen LogP contribution in [0.3, 0.4) is 0 Å². The lowest BCUT2D eigenvalue weighted by Crippen LogP contribution is -2.23. The van der Waals surface area contributed by atoms with Crippen LogP contribution in [0.5, 0.6) is 0 Å². The van der Waals surface area contributed by atoms with E-state index < -0.39 is 6.16 Å². The molecule has 0 fully saturated rings. The first-order valence-electron chi connectivity index (χ1n) is 4.55. The van der Waals surface area contributed by atoms with E-state index in [-0.39, 0.29) is 12.5 Å². The van der Waals surface area contributed by atoms with Gasteiger partial charge in [0.05, 0.1) is 13.2 Å². The molecule has 84 valence electrons. The average Bonchev–Trinajstić information content (AvgIpc) is 2.09. The Balaban J connectivity index is 3.70. The second kappa shape index (κ2) is 7.58. The van der Waals surface area contributed by atoms with E-state index in [9.17, 15) is 4.79 Å². The molecule has 0 aliphatic heterocycles. The van der Waals surface area contributed by atoms with Crippen LogP contribution in [0.15, 0.2) is 0 Å². The maximum atomic E-state index is 10.2. The molecule has 0 aromatic rings. The Labute approximate surface area is 84.6 Å². The van der Waals surface area contributed by atoms with Gasteiger partial charge in [-0.05, 0) is 27.1 Å². The van der Waals surface area contributed by atoms with Gasteiger partial charge >= 0.3 is 6.16 Å². The number of nitrogens with zero attached hydrogens (tertiary/aromatic N) is 1. The molecule has 0 aliphatic rings. The lowest BCUT2D eigenvalue weighted by atomic mass is 10.1. The highest BCUT2D eigenvalue weighted by Crippen LogP contribution is 2.05. The maximum Gasteiger partial charge on any atom is 0.505 e. The molecule has 0 heterocycles. The molecule has 1 unspecified atom stereocenters. The Kier molecular flexibility index (Phi) is 7.14. The summed E-state index contributed by atoms with van der Waals surface area (Å²) in [6.45, 7) is 1.63. The normalized spacial score (nSPS) is 12.9. The molecule has 0 rings (SSSR count). The highest BCUT2D eigenvalue weighted by atomic mass is 16.7. The van der Waals surface area contributed by atoms with E-state index in [1.54, 1.807) is 7.11 Å². The van der Waals surface area contributed by atoms with Crippen LogP contribution < -0.4 is 0 Å². The van der Waals surface area contributed by atoms with Crippen molar-refractivity contribution in [1.82, 2.24) is 4.90 Å². The number of carboxylic acid groups (broad SMARTS) is 1. The van der Waals surface area contributed by atoms with Crippen molar-refractivity contribution in [3.63, 3.8) is 0 Å². The summed E-state index contributed by atoms with van der Waals surface area (Å²) in [5.41, 5.74) is 0. The van der Waals surface area contributed by atoms with Crippen LogP contribution in [0, 0.1) is 5.92 Å². The summed E-state index contributed by atoms with van der Waals surface area (Å²) in [6.07, 6.45) is -0.357. The molecule has 0 aromatic carbocycles. The van der Waals surface area contributed by atoms with Crippen LogP contribution in [0.1, 0.15) is 6.42 Å². The summed E-state index contributed by atoms with van der Waals surface area (Å²) in [5.74, 6) is 0.137. The number of carbonyl (C=O) groups is 1. The molecule has 0 radical (unpaired) electrons. The van der Waals surface area contributed by atoms with E-state index in [0.29, 0.717) is 6.61 Å². The molecule has 1 N–H and O–H groups in total. The topological polar surface area (TPSA) is 59.0 Å². The van der Waals surface area contributed by atoms with Gasteiger partial charge in [0.25, 0.3) is 0 Å². The molecule has 0 bridgehead atoms. The first kappa shape index (κ1) is 13.2. The minimum atomic E-state index is -1.23. The fourth-order valence-corrected chi connectivity index (χ4v) is 1.08. The van der Waals surface area contributed by atoms with Gasteiger partial charge in [-0.2, -0.15) is 0 Å². The molecule has 5 nitrogen and oxygen atoms in total. The van der Waals surface area contributed by atoms with E-state index in [1.807, 2.05) is 19.0 Å². The Morgan fingerprint density at radius 2 is 2.07 bits per heavy atom. The molecule has 14 heavy (non-hydrogen) atoms. The van der Waals surface area contributed by atoms with Crippen molar-refractivity contribution < 1.29 is 19.4 Å². The van der Waals surface area contributed by atoms with Crippen LogP contribution in [0.25, 0.3) is 0 Å².